The zero-order valence-corrected chi connectivity index (χ0v) is 42.7. The number of rotatable bonds is 41. The van der Waals surface area contributed by atoms with Crippen LogP contribution in [0.4, 0.5) is 4.79 Å². The number of carbonyl (C=O) groups is 7. The summed E-state index contributed by atoms with van der Waals surface area (Å²) in [7, 11) is 4.58. The molecule has 0 radical (unpaired) electrons. The van der Waals surface area contributed by atoms with Crippen molar-refractivity contribution in [1.82, 2.24) is 31.9 Å². The Hall–Kier alpha value is -4.79. The van der Waals surface area contributed by atoms with E-state index in [2.05, 4.69) is 61.9 Å². The number of nitrogens with two attached hydrogens (primary N) is 2. The summed E-state index contributed by atoms with van der Waals surface area (Å²) >= 11 is 0. The number of aliphatic carboxylic acids is 1. The molecule has 0 spiro atoms. The highest BCUT2D eigenvalue weighted by Gasteiger charge is 2.26. The SMILES string of the molecule is CCSSC[C@H](NC(=O)[C@H](CCCCNC(=O)CON)NC(=O)COCCOCCNC(=O)COCCOCCNC(=O)N[C@@H](/C=C/C(C)=C/[C@H](C)[C@H](Cc1ccccc1)OC)[C@H](C)C(=O)O)C(N)=O. The highest BCUT2D eigenvalue weighted by atomic mass is 33.1. The number of benzene rings is 1. The Bertz CT molecular complexity index is 1750. The molecule has 22 nitrogen and oxygen atoms in total. The van der Waals surface area contributed by atoms with Crippen LogP contribution in [0.3, 0.4) is 0 Å². The van der Waals surface area contributed by atoms with Crippen LogP contribution in [0.5, 0.6) is 0 Å². The van der Waals surface area contributed by atoms with Crippen LogP contribution in [-0.2, 0) is 63.7 Å². The fraction of sp³-hybridized carbons (Fsp3) is 0.630. The molecule has 70 heavy (non-hydrogen) atoms. The number of amides is 7. The number of nitrogens with one attached hydrogen (secondary N) is 6. The van der Waals surface area contributed by atoms with E-state index in [1.54, 1.807) is 19.3 Å². The van der Waals surface area contributed by atoms with Crippen LogP contribution < -0.4 is 43.5 Å². The van der Waals surface area contributed by atoms with Crippen molar-refractivity contribution in [2.24, 2.45) is 23.5 Å². The molecule has 24 heteroatoms. The molecule has 6 atom stereocenters. The second-order valence-electron chi connectivity index (χ2n) is 15.8. The van der Waals surface area contributed by atoms with Crippen molar-refractivity contribution < 1.29 is 67.2 Å². The first-order valence-corrected chi connectivity index (χ1v) is 25.6. The highest BCUT2D eigenvalue weighted by molar-refractivity contribution is 8.76. The Kier molecular flexibility index (Phi) is 36.0. The Labute approximate surface area is 419 Å². The van der Waals surface area contributed by atoms with Crippen molar-refractivity contribution in [3.8, 4) is 0 Å². The maximum Gasteiger partial charge on any atom is 0.315 e. The van der Waals surface area contributed by atoms with Crippen molar-refractivity contribution in [1.29, 1.82) is 0 Å². The standard InChI is InChI=1S/C46H76N8O14S2/c1-6-69-70-31-38(43(47)58)53-44(59)37(14-10-11-17-49-41(56)30-68-48)52-42(57)29-67-25-23-64-20-18-50-40(55)28-66-24-22-65-21-19-51-46(62)54-36(34(4)45(60)61)16-15-32(2)26-33(3)39(63-5)27-35-12-8-7-9-13-35/h7-9,12-13,15-16,26,33-34,36-39H,6,10-11,14,17-25,27-31,48H2,1-5H3,(H2,47,58)(H,49,56)(H,50,55)(H,52,57)(H,53,59)(H,60,61)(H2,51,54,62)/b16-15+,32-26+/t33-,34-,36-,37-,38-,39-/m0/s1. The van der Waals surface area contributed by atoms with Crippen LogP contribution in [0.15, 0.2) is 54.1 Å². The average molecular weight is 1030 g/mol. The molecule has 0 bridgehead atoms. The van der Waals surface area contributed by atoms with Gasteiger partial charge in [-0.3, -0.25) is 33.6 Å². The summed E-state index contributed by atoms with van der Waals surface area (Å²) in [4.78, 5) is 90.1. The lowest BCUT2D eigenvalue weighted by molar-refractivity contribution is -0.141. The molecule has 1 aromatic carbocycles. The Morgan fingerprint density at radius 1 is 0.743 bits per heavy atom. The molecule has 1 rings (SSSR count). The van der Waals surface area contributed by atoms with Crippen molar-refractivity contribution in [2.75, 3.05) is 97.7 Å². The molecule has 0 fully saturated rings. The zero-order chi connectivity index (χ0) is 51.9. The van der Waals surface area contributed by atoms with Crippen LogP contribution in [-0.4, -0.2) is 169 Å². The summed E-state index contributed by atoms with van der Waals surface area (Å²) in [5, 5.41) is 25.5. The van der Waals surface area contributed by atoms with E-state index in [-0.39, 0.29) is 103 Å². The molecule has 0 aliphatic heterocycles. The number of allylic oxidation sites excluding steroid dienone is 2. The fourth-order valence-electron chi connectivity index (χ4n) is 6.18. The number of methoxy groups -OCH3 is 1. The summed E-state index contributed by atoms with van der Waals surface area (Å²) < 4.78 is 27.4. The molecule has 1 aromatic rings. The molecule has 0 aliphatic carbocycles. The average Bonchev–Trinajstić information content (AvgIpc) is 3.32. The van der Waals surface area contributed by atoms with E-state index in [9.17, 15) is 38.7 Å². The van der Waals surface area contributed by atoms with Gasteiger partial charge in [0, 0.05) is 44.2 Å². The maximum atomic E-state index is 13.1. The number of carbonyl (C=O) groups excluding carboxylic acids is 6. The summed E-state index contributed by atoms with van der Waals surface area (Å²) in [6, 6.07) is 6.77. The monoisotopic (exact) mass is 1030 g/mol. The van der Waals surface area contributed by atoms with Gasteiger partial charge in [-0.05, 0) is 45.1 Å². The van der Waals surface area contributed by atoms with E-state index in [4.69, 9.17) is 35.3 Å². The normalized spacial score (nSPS) is 14.1. The Morgan fingerprint density at radius 3 is 1.97 bits per heavy atom. The molecule has 0 saturated heterocycles. The summed E-state index contributed by atoms with van der Waals surface area (Å²) in [6.07, 6.45) is 7.34. The third-order valence-corrected chi connectivity index (χ3v) is 12.5. The van der Waals surface area contributed by atoms with Crippen LogP contribution in [0, 0.1) is 11.8 Å². The first-order chi connectivity index (χ1) is 33.6. The molecular formula is C46H76N8O14S2. The van der Waals surface area contributed by atoms with Gasteiger partial charge >= 0.3 is 12.0 Å². The Morgan fingerprint density at radius 2 is 1.36 bits per heavy atom. The molecule has 0 heterocycles. The number of primary amides is 1. The highest BCUT2D eigenvalue weighted by Crippen LogP contribution is 2.21. The molecule has 0 aromatic heterocycles. The summed E-state index contributed by atoms with van der Waals surface area (Å²) in [5.74, 6) is 1.44. The minimum absolute atomic E-state index is 0.0510. The van der Waals surface area contributed by atoms with Crippen LogP contribution in [0.2, 0.25) is 0 Å². The summed E-state index contributed by atoms with van der Waals surface area (Å²) in [6.45, 7) is 7.96. The van der Waals surface area contributed by atoms with Gasteiger partial charge in [0.15, 0.2) is 0 Å². The fourth-order valence-corrected chi connectivity index (χ4v) is 8.02. The topological polar surface area (TPSA) is 319 Å². The van der Waals surface area contributed by atoms with Gasteiger partial charge in [-0.25, -0.2) is 10.7 Å². The second kappa shape index (κ2) is 39.9. The smallest absolute Gasteiger partial charge is 0.315 e. The number of hydrogen-bond acceptors (Lipinski definition) is 16. The van der Waals surface area contributed by atoms with Crippen molar-refractivity contribution in [2.45, 2.75) is 77.6 Å². The molecule has 0 unspecified atom stereocenters. The van der Waals surface area contributed by atoms with Crippen molar-refractivity contribution in [3.63, 3.8) is 0 Å². The quantitative estimate of drug-likeness (QED) is 0.0191. The Balaban J connectivity index is 2.32. The molecule has 0 aliphatic rings. The van der Waals surface area contributed by atoms with Gasteiger partial charge in [0.2, 0.25) is 29.5 Å². The van der Waals surface area contributed by atoms with E-state index >= 15 is 0 Å². The van der Waals surface area contributed by atoms with Crippen LogP contribution in [0.25, 0.3) is 0 Å². The molecule has 0 saturated carbocycles. The number of carboxylic acid groups (broad SMARTS) is 1. The van der Waals surface area contributed by atoms with E-state index in [0.29, 0.717) is 19.4 Å². The molecule has 7 amide bonds. The van der Waals surface area contributed by atoms with Gasteiger partial charge in [0.25, 0.3) is 0 Å². The minimum atomic E-state index is -1.06. The largest absolute Gasteiger partial charge is 0.481 e. The van der Waals surface area contributed by atoms with E-state index in [1.165, 1.54) is 28.5 Å². The molecule has 396 valence electrons. The second-order valence-corrected chi connectivity index (χ2v) is 18.6. The van der Waals surface area contributed by atoms with E-state index in [1.807, 2.05) is 32.0 Å². The molecule has 11 N–H and O–H groups in total. The first-order valence-electron chi connectivity index (χ1n) is 23.1. The van der Waals surface area contributed by atoms with Crippen molar-refractivity contribution in [3.05, 3.63) is 59.7 Å². The van der Waals surface area contributed by atoms with E-state index in [0.717, 1.165) is 23.3 Å². The first kappa shape index (κ1) is 63.2. The van der Waals surface area contributed by atoms with Crippen LogP contribution in [0.1, 0.15) is 52.5 Å². The number of unbranched alkanes of at least 4 members (excludes halogenated alkanes) is 1. The lowest BCUT2D eigenvalue weighted by Gasteiger charge is -2.22. The predicted molar refractivity (Wildman–Crippen MR) is 267 cm³/mol. The van der Waals surface area contributed by atoms with Gasteiger partial charge in [-0.2, -0.15) is 0 Å². The lowest BCUT2D eigenvalue weighted by Crippen LogP contribution is -2.54. The lowest BCUT2D eigenvalue weighted by atomic mass is 9.95. The van der Waals surface area contributed by atoms with Gasteiger partial charge < -0.3 is 66.4 Å². The number of hydrogen-bond donors (Lipinski definition) is 9. The van der Waals surface area contributed by atoms with Gasteiger partial charge in [0.05, 0.1) is 57.7 Å². The number of carboxylic acids is 1. The molecular weight excluding hydrogens is 953 g/mol. The van der Waals surface area contributed by atoms with Gasteiger partial charge in [-0.15, -0.1) is 0 Å². The zero-order valence-electron chi connectivity index (χ0n) is 41.0. The maximum absolute atomic E-state index is 13.1. The predicted octanol–water partition coefficient (Wildman–Crippen LogP) is 0.987. The number of ether oxygens (including phenoxy) is 5. The van der Waals surface area contributed by atoms with Gasteiger partial charge in [0.1, 0.15) is 31.9 Å². The summed E-state index contributed by atoms with van der Waals surface area (Å²) in [5.41, 5.74) is 7.55. The van der Waals surface area contributed by atoms with Gasteiger partial charge in [-0.1, -0.05) is 89.6 Å². The third-order valence-electron chi connectivity index (χ3n) is 10.0. The third kappa shape index (κ3) is 31.4. The van der Waals surface area contributed by atoms with Crippen molar-refractivity contribution >= 4 is 63.1 Å². The minimum Gasteiger partial charge on any atom is -0.481 e. The van der Waals surface area contributed by atoms with E-state index < -0.39 is 59.7 Å². The van der Waals surface area contributed by atoms with Crippen LogP contribution >= 0.6 is 21.6 Å². The number of urea groups is 1.